The first-order valence-electron chi connectivity index (χ1n) is 8.08. The van der Waals surface area contributed by atoms with E-state index in [9.17, 15) is 4.79 Å². The second kappa shape index (κ2) is 8.17. The molecule has 140 valence electrons. The van der Waals surface area contributed by atoms with Gasteiger partial charge in [-0.2, -0.15) is 0 Å². The quantitative estimate of drug-likeness (QED) is 0.637. The Balaban J connectivity index is 2.00. The Labute approximate surface area is 172 Å². The predicted octanol–water partition coefficient (Wildman–Crippen LogP) is 4.43. The molecule has 1 atom stereocenters. The van der Waals surface area contributed by atoms with E-state index in [1.807, 2.05) is 18.2 Å². The molecule has 5 nitrogen and oxygen atoms in total. The molecule has 3 N–H and O–H groups in total. The van der Waals surface area contributed by atoms with Gasteiger partial charge in [-0.25, -0.2) is 0 Å². The molecule has 1 amide bonds. The lowest BCUT2D eigenvalue weighted by molar-refractivity contribution is -0.113. The van der Waals surface area contributed by atoms with Crippen LogP contribution in [-0.4, -0.2) is 18.1 Å². The zero-order valence-corrected chi connectivity index (χ0v) is 16.9. The molecule has 3 rings (SSSR count). The van der Waals surface area contributed by atoms with E-state index in [4.69, 9.17) is 40.2 Å². The lowest BCUT2D eigenvalue weighted by Crippen LogP contribution is -2.45. The summed E-state index contributed by atoms with van der Waals surface area (Å²) >= 11 is 17.7. The minimum absolute atomic E-state index is 0.319. The summed E-state index contributed by atoms with van der Waals surface area (Å²) in [4.78, 5) is 13.1. The molecule has 27 heavy (non-hydrogen) atoms. The highest BCUT2D eigenvalue weighted by Crippen LogP contribution is 2.33. The molecule has 0 saturated carbocycles. The van der Waals surface area contributed by atoms with Crippen LogP contribution >= 0.6 is 35.4 Å². The molecule has 0 aliphatic carbocycles. The molecule has 0 fully saturated rings. The van der Waals surface area contributed by atoms with Crippen molar-refractivity contribution >= 4 is 52.1 Å². The number of benzene rings is 2. The average Bonchev–Trinajstić information content (AvgIpc) is 2.61. The monoisotopic (exact) mass is 421 g/mol. The Hall–Kier alpha value is -2.28. The SMILES string of the molecule is COc1ccc(Cl)cc1NC(=O)C1=C(C)NC(=S)NC1c1ccccc1Cl. The fraction of sp³-hybridized carbons (Fsp3) is 0.158. The van der Waals surface area contributed by atoms with Crippen molar-refractivity contribution in [3.8, 4) is 5.75 Å². The van der Waals surface area contributed by atoms with Crippen LogP contribution in [0.5, 0.6) is 5.75 Å². The van der Waals surface area contributed by atoms with Crippen molar-refractivity contribution in [2.75, 3.05) is 12.4 Å². The van der Waals surface area contributed by atoms with E-state index in [1.165, 1.54) is 7.11 Å². The molecule has 1 aliphatic heterocycles. The minimum Gasteiger partial charge on any atom is -0.495 e. The number of ether oxygens (including phenoxy) is 1. The molecule has 1 heterocycles. The van der Waals surface area contributed by atoms with Crippen molar-refractivity contribution in [3.63, 3.8) is 0 Å². The Morgan fingerprint density at radius 2 is 1.96 bits per heavy atom. The Kier molecular flexibility index (Phi) is 5.89. The molecule has 1 unspecified atom stereocenters. The van der Waals surface area contributed by atoms with Crippen LogP contribution in [-0.2, 0) is 4.79 Å². The Morgan fingerprint density at radius 1 is 1.22 bits per heavy atom. The highest BCUT2D eigenvalue weighted by Gasteiger charge is 2.31. The number of halogens is 2. The molecule has 1 aliphatic rings. The van der Waals surface area contributed by atoms with Gasteiger partial charge in [0.25, 0.3) is 5.91 Å². The van der Waals surface area contributed by atoms with E-state index in [2.05, 4.69) is 16.0 Å². The van der Waals surface area contributed by atoms with Crippen molar-refractivity contribution in [2.24, 2.45) is 0 Å². The molecule has 0 bridgehead atoms. The van der Waals surface area contributed by atoms with E-state index in [1.54, 1.807) is 31.2 Å². The van der Waals surface area contributed by atoms with Gasteiger partial charge in [0.05, 0.1) is 24.4 Å². The fourth-order valence-electron chi connectivity index (χ4n) is 2.90. The lowest BCUT2D eigenvalue weighted by atomic mass is 9.95. The van der Waals surface area contributed by atoms with Crippen molar-refractivity contribution in [3.05, 3.63) is 69.3 Å². The van der Waals surface area contributed by atoms with Crippen molar-refractivity contribution in [1.82, 2.24) is 10.6 Å². The highest BCUT2D eigenvalue weighted by molar-refractivity contribution is 7.80. The van der Waals surface area contributed by atoms with Crippen LogP contribution in [0.2, 0.25) is 10.0 Å². The normalized spacial score (nSPS) is 16.4. The number of rotatable bonds is 4. The third kappa shape index (κ3) is 4.18. The maximum Gasteiger partial charge on any atom is 0.255 e. The highest BCUT2D eigenvalue weighted by atomic mass is 35.5. The van der Waals surface area contributed by atoms with Gasteiger partial charge >= 0.3 is 0 Å². The zero-order valence-electron chi connectivity index (χ0n) is 14.6. The number of allylic oxidation sites excluding steroid dienone is 1. The van der Waals surface area contributed by atoms with Gasteiger partial charge in [0.15, 0.2) is 5.11 Å². The number of hydrogen-bond acceptors (Lipinski definition) is 3. The van der Waals surface area contributed by atoms with Crippen LogP contribution in [0.3, 0.4) is 0 Å². The van der Waals surface area contributed by atoms with Gasteiger partial charge in [0.1, 0.15) is 5.75 Å². The minimum atomic E-state index is -0.488. The van der Waals surface area contributed by atoms with Crippen molar-refractivity contribution in [2.45, 2.75) is 13.0 Å². The van der Waals surface area contributed by atoms with Gasteiger partial charge in [-0.3, -0.25) is 4.79 Å². The van der Waals surface area contributed by atoms with Crippen LogP contribution in [0.4, 0.5) is 5.69 Å². The van der Waals surface area contributed by atoms with Crippen molar-refractivity contribution < 1.29 is 9.53 Å². The van der Waals surface area contributed by atoms with E-state index in [-0.39, 0.29) is 5.91 Å². The average molecular weight is 422 g/mol. The van der Waals surface area contributed by atoms with Crippen LogP contribution in [0.1, 0.15) is 18.5 Å². The van der Waals surface area contributed by atoms with Gasteiger partial charge in [0, 0.05) is 15.7 Å². The predicted molar refractivity (Wildman–Crippen MR) is 112 cm³/mol. The summed E-state index contributed by atoms with van der Waals surface area (Å²) in [6.07, 6.45) is 0. The van der Waals surface area contributed by atoms with Crippen LogP contribution in [0.25, 0.3) is 0 Å². The zero-order chi connectivity index (χ0) is 19.6. The molecule has 8 heteroatoms. The maximum atomic E-state index is 13.1. The van der Waals surface area contributed by atoms with E-state index >= 15 is 0 Å². The van der Waals surface area contributed by atoms with Crippen molar-refractivity contribution in [1.29, 1.82) is 0 Å². The first-order chi connectivity index (χ1) is 12.9. The molecular weight excluding hydrogens is 405 g/mol. The van der Waals surface area contributed by atoms with Gasteiger partial charge in [-0.15, -0.1) is 0 Å². The fourth-order valence-corrected chi connectivity index (χ4v) is 3.59. The van der Waals surface area contributed by atoms with Crippen LogP contribution in [0.15, 0.2) is 53.7 Å². The second-order valence-corrected chi connectivity index (χ2v) is 7.14. The summed E-state index contributed by atoms with van der Waals surface area (Å²) in [6.45, 7) is 1.79. The van der Waals surface area contributed by atoms with E-state index < -0.39 is 6.04 Å². The number of nitrogens with one attached hydrogen (secondary N) is 3. The standard InChI is InChI=1S/C19H17Cl2N3O2S/c1-10-16(18(25)23-14-9-11(20)7-8-15(14)26-2)17(24-19(27)22-10)12-5-3-4-6-13(12)21/h3-9,17H,1-2H3,(H,23,25)(H2,22,24,27). The third-order valence-corrected chi connectivity index (χ3v) is 4.94. The Bertz CT molecular complexity index is 946. The molecule has 2 aromatic carbocycles. The van der Waals surface area contributed by atoms with Gasteiger partial charge < -0.3 is 20.7 Å². The molecule has 0 saturated heterocycles. The number of thiocarbonyl (C=S) groups is 1. The summed E-state index contributed by atoms with van der Waals surface area (Å²) in [6, 6.07) is 11.8. The Morgan fingerprint density at radius 3 is 2.67 bits per heavy atom. The first-order valence-corrected chi connectivity index (χ1v) is 9.24. The number of amides is 1. The first kappa shape index (κ1) is 19.5. The molecule has 0 aromatic heterocycles. The second-order valence-electron chi connectivity index (χ2n) is 5.89. The van der Waals surface area contributed by atoms with E-state index in [0.29, 0.717) is 37.9 Å². The summed E-state index contributed by atoms with van der Waals surface area (Å²) in [5.74, 6) is 0.188. The molecule has 0 radical (unpaired) electrons. The summed E-state index contributed by atoms with van der Waals surface area (Å²) in [5.41, 5.74) is 2.34. The van der Waals surface area contributed by atoms with Crippen LogP contribution in [0, 0.1) is 0 Å². The lowest BCUT2D eigenvalue weighted by Gasteiger charge is -2.31. The largest absolute Gasteiger partial charge is 0.495 e. The van der Waals surface area contributed by atoms with E-state index in [0.717, 1.165) is 5.56 Å². The number of hydrogen-bond donors (Lipinski definition) is 3. The third-order valence-electron chi connectivity index (χ3n) is 4.14. The topological polar surface area (TPSA) is 62.4 Å². The maximum absolute atomic E-state index is 13.1. The van der Waals surface area contributed by atoms with Crippen LogP contribution < -0.4 is 20.7 Å². The smallest absolute Gasteiger partial charge is 0.255 e. The molecule has 0 spiro atoms. The summed E-state index contributed by atoms with van der Waals surface area (Å²) < 4.78 is 5.30. The van der Waals surface area contributed by atoms with Gasteiger partial charge in [-0.05, 0) is 49.0 Å². The number of carbonyl (C=O) groups excluding carboxylic acids is 1. The number of anilines is 1. The summed E-state index contributed by atoms with van der Waals surface area (Å²) in [5, 5.41) is 10.4. The van der Waals surface area contributed by atoms with Gasteiger partial charge in [0.2, 0.25) is 0 Å². The van der Waals surface area contributed by atoms with Gasteiger partial charge in [-0.1, -0.05) is 41.4 Å². The molecular formula is C19H17Cl2N3O2S. The number of carbonyl (C=O) groups is 1. The summed E-state index contributed by atoms with van der Waals surface area (Å²) in [7, 11) is 1.53. The number of methoxy groups -OCH3 is 1. The molecule has 2 aromatic rings.